The van der Waals surface area contributed by atoms with E-state index in [-0.39, 0.29) is 0 Å². The molecule has 0 aromatic heterocycles. The summed E-state index contributed by atoms with van der Waals surface area (Å²) in [5.41, 5.74) is 4.42. The predicted octanol–water partition coefficient (Wildman–Crippen LogP) is 5.09. The van der Waals surface area contributed by atoms with Gasteiger partial charge in [-0.2, -0.15) is 5.10 Å². The largest absolute Gasteiger partial charge is 0.159 e. The van der Waals surface area contributed by atoms with Crippen LogP contribution in [0.3, 0.4) is 0 Å². The number of nitrogens with zero attached hydrogens (tertiary/aromatic N) is 2. The van der Waals surface area contributed by atoms with Gasteiger partial charge < -0.3 is 0 Å². The molecule has 3 rings (SSSR count). The first-order valence-corrected chi connectivity index (χ1v) is 8.10. The van der Waals surface area contributed by atoms with E-state index in [9.17, 15) is 0 Å². The summed E-state index contributed by atoms with van der Waals surface area (Å²) in [6.07, 6.45) is 4.88. The maximum Gasteiger partial charge on any atom is 0.100 e. The molecule has 0 bridgehead atoms. The van der Waals surface area contributed by atoms with E-state index in [4.69, 9.17) is 0 Å². The van der Waals surface area contributed by atoms with Crippen molar-refractivity contribution in [1.82, 2.24) is 0 Å². The summed E-state index contributed by atoms with van der Waals surface area (Å²) in [6.45, 7) is 2.26. The van der Waals surface area contributed by atoms with Crippen LogP contribution in [0.1, 0.15) is 43.7 Å². The molecule has 0 radical (unpaired) electrons. The van der Waals surface area contributed by atoms with Crippen molar-refractivity contribution in [2.75, 3.05) is 0 Å². The van der Waals surface area contributed by atoms with Crippen LogP contribution in [-0.4, -0.2) is 11.4 Å². The standard InChI is InChI=1S/C20H22N2/c1-16-10-8-9-15-19(16)21-22-20(17-11-4-2-5-12-17)18-13-6-3-7-14-18/h2-7,11-14,16H,8-10,15H2,1H3/b21-19+. The molecule has 2 heteroatoms. The highest BCUT2D eigenvalue weighted by Crippen LogP contribution is 2.21. The zero-order chi connectivity index (χ0) is 15.2. The van der Waals surface area contributed by atoms with E-state index in [0.717, 1.165) is 23.3 Å². The molecular formula is C20H22N2. The highest BCUT2D eigenvalue weighted by molar-refractivity contribution is 6.13. The molecule has 1 unspecified atom stereocenters. The summed E-state index contributed by atoms with van der Waals surface area (Å²) < 4.78 is 0. The van der Waals surface area contributed by atoms with E-state index in [0.29, 0.717) is 5.92 Å². The third kappa shape index (κ3) is 3.51. The summed E-state index contributed by atoms with van der Waals surface area (Å²) in [5.74, 6) is 0.560. The Bertz CT molecular complexity index is 615. The minimum absolute atomic E-state index is 0.560. The number of hydrogen-bond donors (Lipinski definition) is 0. The molecule has 0 aliphatic heterocycles. The van der Waals surface area contributed by atoms with Gasteiger partial charge in [0.1, 0.15) is 5.71 Å². The molecule has 0 saturated heterocycles. The Hall–Kier alpha value is -2.22. The van der Waals surface area contributed by atoms with Crippen LogP contribution >= 0.6 is 0 Å². The van der Waals surface area contributed by atoms with Gasteiger partial charge in [0.2, 0.25) is 0 Å². The topological polar surface area (TPSA) is 24.7 Å². The fraction of sp³-hybridized carbons (Fsp3) is 0.300. The zero-order valence-corrected chi connectivity index (χ0v) is 13.1. The molecule has 0 heterocycles. The molecule has 1 fully saturated rings. The lowest BCUT2D eigenvalue weighted by molar-refractivity contribution is 0.557. The van der Waals surface area contributed by atoms with Crippen molar-refractivity contribution in [3.63, 3.8) is 0 Å². The lowest BCUT2D eigenvalue weighted by atomic mass is 9.89. The molecule has 112 valence electrons. The number of rotatable bonds is 3. The highest BCUT2D eigenvalue weighted by atomic mass is 15.2. The van der Waals surface area contributed by atoms with Crippen LogP contribution < -0.4 is 0 Å². The van der Waals surface area contributed by atoms with Crippen LogP contribution in [-0.2, 0) is 0 Å². The van der Waals surface area contributed by atoms with Crippen molar-refractivity contribution in [3.8, 4) is 0 Å². The average molecular weight is 290 g/mol. The van der Waals surface area contributed by atoms with Gasteiger partial charge in [0.05, 0.1) is 0 Å². The van der Waals surface area contributed by atoms with Gasteiger partial charge >= 0.3 is 0 Å². The van der Waals surface area contributed by atoms with Crippen LogP contribution in [0.25, 0.3) is 0 Å². The van der Waals surface area contributed by atoms with Gasteiger partial charge in [-0.3, -0.25) is 0 Å². The summed E-state index contributed by atoms with van der Waals surface area (Å²) >= 11 is 0. The summed E-state index contributed by atoms with van der Waals surface area (Å²) in [5, 5.41) is 9.26. The molecule has 22 heavy (non-hydrogen) atoms. The first-order valence-electron chi connectivity index (χ1n) is 8.10. The van der Waals surface area contributed by atoms with Gasteiger partial charge in [0.15, 0.2) is 0 Å². The Kier molecular flexibility index (Phi) is 4.79. The van der Waals surface area contributed by atoms with Crippen molar-refractivity contribution in [2.45, 2.75) is 32.6 Å². The summed E-state index contributed by atoms with van der Waals surface area (Å²) in [7, 11) is 0. The second-order valence-electron chi connectivity index (χ2n) is 5.92. The fourth-order valence-corrected chi connectivity index (χ4v) is 2.91. The maximum absolute atomic E-state index is 4.64. The molecule has 2 nitrogen and oxygen atoms in total. The van der Waals surface area contributed by atoms with Crippen molar-refractivity contribution < 1.29 is 0 Å². The normalized spacial score (nSPS) is 19.9. The monoisotopic (exact) mass is 290 g/mol. The van der Waals surface area contributed by atoms with Crippen molar-refractivity contribution in [1.29, 1.82) is 0 Å². The zero-order valence-electron chi connectivity index (χ0n) is 13.1. The van der Waals surface area contributed by atoms with Crippen molar-refractivity contribution in [3.05, 3.63) is 71.8 Å². The minimum Gasteiger partial charge on any atom is -0.159 e. The Morgan fingerprint density at radius 1 is 0.864 bits per heavy atom. The Balaban J connectivity index is 1.99. The maximum atomic E-state index is 4.64. The molecule has 1 saturated carbocycles. The first-order chi connectivity index (χ1) is 10.8. The van der Waals surface area contributed by atoms with E-state index >= 15 is 0 Å². The average Bonchev–Trinajstić information content (AvgIpc) is 2.59. The third-order valence-electron chi connectivity index (χ3n) is 4.26. The van der Waals surface area contributed by atoms with Gasteiger partial charge in [-0.15, -0.1) is 5.10 Å². The molecule has 1 atom stereocenters. The van der Waals surface area contributed by atoms with Crippen molar-refractivity contribution in [2.24, 2.45) is 16.1 Å². The molecule has 0 spiro atoms. The summed E-state index contributed by atoms with van der Waals surface area (Å²) in [4.78, 5) is 0. The van der Waals surface area contributed by atoms with Crippen LogP contribution in [0.5, 0.6) is 0 Å². The van der Waals surface area contributed by atoms with Gasteiger partial charge in [-0.05, 0) is 25.2 Å². The Morgan fingerprint density at radius 2 is 1.45 bits per heavy atom. The first kappa shape index (κ1) is 14.7. The SMILES string of the molecule is CC1CCCC/C1=N\N=C(c1ccccc1)c1ccccc1. The predicted molar refractivity (Wildman–Crippen MR) is 93.6 cm³/mol. The van der Waals surface area contributed by atoms with Crippen LogP contribution in [0.4, 0.5) is 0 Å². The second-order valence-corrected chi connectivity index (χ2v) is 5.92. The van der Waals surface area contributed by atoms with E-state index in [2.05, 4.69) is 41.4 Å². The quantitative estimate of drug-likeness (QED) is 0.555. The lowest BCUT2D eigenvalue weighted by Crippen LogP contribution is -2.16. The highest BCUT2D eigenvalue weighted by Gasteiger charge is 2.16. The molecule has 0 N–H and O–H groups in total. The number of hydrogen-bond acceptors (Lipinski definition) is 2. The van der Waals surface area contributed by atoms with Gasteiger partial charge in [0, 0.05) is 16.8 Å². The fourth-order valence-electron chi connectivity index (χ4n) is 2.91. The molecule has 1 aliphatic carbocycles. The van der Waals surface area contributed by atoms with Crippen LogP contribution in [0.2, 0.25) is 0 Å². The Morgan fingerprint density at radius 3 is 2.00 bits per heavy atom. The molecule has 1 aliphatic rings. The van der Waals surface area contributed by atoms with Gasteiger partial charge in [-0.1, -0.05) is 74.0 Å². The smallest absolute Gasteiger partial charge is 0.100 e. The van der Waals surface area contributed by atoms with Crippen LogP contribution in [0, 0.1) is 5.92 Å². The molecule has 0 amide bonds. The van der Waals surface area contributed by atoms with E-state index < -0.39 is 0 Å². The lowest BCUT2D eigenvalue weighted by Gasteiger charge is -2.19. The van der Waals surface area contributed by atoms with E-state index in [1.807, 2.05) is 36.4 Å². The van der Waals surface area contributed by atoms with E-state index in [1.54, 1.807) is 0 Å². The van der Waals surface area contributed by atoms with Crippen molar-refractivity contribution >= 4 is 11.4 Å². The summed E-state index contributed by atoms with van der Waals surface area (Å²) in [6, 6.07) is 20.6. The minimum atomic E-state index is 0.560. The van der Waals surface area contributed by atoms with Crippen LogP contribution in [0.15, 0.2) is 70.9 Å². The second kappa shape index (κ2) is 7.17. The molecule has 2 aromatic carbocycles. The van der Waals surface area contributed by atoms with Gasteiger partial charge in [-0.25, -0.2) is 0 Å². The van der Waals surface area contributed by atoms with E-state index in [1.165, 1.54) is 25.0 Å². The molecule has 2 aromatic rings. The molecular weight excluding hydrogens is 268 g/mol. The van der Waals surface area contributed by atoms with Gasteiger partial charge in [0.25, 0.3) is 0 Å². The number of benzene rings is 2. The third-order valence-corrected chi connectivity index (χ3v) is 4.26. The Labute approximate surface area is 132 Å².